The van der Waals surface area contributed by atoms with E-state index in [0.29, 0.717) is 19.1 Å². The van der Waals surface area contributed by atoms with Crippen LogP contribution in [-0.2, 0) is 4.79 Å². The largest absolute Gasteiger partial charge is 0.491 e. The predicted octanol–water partition coefficient (Wildman–Crippen LogP) is 3.24. The Hall–Kier alpha value is -2.24. The second kappa shape index (κ2) is 8.63. The van der Waals surface area contributed by atoms with Gasteiger partial charge in [0.1, 0.15) is 5.75 Å². The molecule has 0 spiro atoms. The van der Waals surface area contributed by atoms with Crippen molar-refractivity contribution in [1.82, 2.24) is 15.5 Å². The SMILES string of the molecule is CC(C)Oc1cccc([C@H](C)NC(=O)N2CCC(C(=O)NC3CC3)CC2)c1. The Balaban J connectivity index is 1.48. The maximum Gasteiger partial charge on any atom is 0.317 e. The lowest BCUT2D eigenvalue weighted by molar-refractivity contribution is -0.126. The molecular weight excluding hydrogens is 342 g/mol. The van der Waals surface area contributed by atoms with Crippen LogP contribution in [0.1, 0.15) is 58.1 Å². The molecule has 0 bridgehead atoms. The van der Waals surface area contributed by atoms with Crippen LogP contribution in [0.25, 0.3) is 0 Å². The van der Waals surface area contributed by atoms with Crippen molar-refractivity contribution in [1.29, 1.82) is 0 Å². The highest BCUT2D eigenvalue weighted by molar-refractivity contribution is 5.80. The molecule has 1 aromatic rings. The van der Waals surface area contributed by atoms with E-state index in [0.717, 1.165) is 37.0 Å². The fourth-order valence-corrected chi connectivity index (χ4v) is 3.38. The Morgan fingerprint density at radius 2 is 1.81 bits per heavy atom. The van der Waals surface area contributed by atoms with Gasteiger partial charge < -0.3 is 20.3 Å². The van der Waals surface area contributed by atoms with E-state index in [-0.39, 0.29) is 30.0 Å². The third kappa shape index (κ3) is 5.62. The average Bonchev–Trinajstić information content (AvgIpc) is 3.45. The van der Waals surface area contributed by atoms with Gasteiger partial charge in [-0.3, -0.25) is 4.79 Å². The Morgan fingerprint density at radius 3 is 2.44 bits per heavy atom. The summed E-state index contributed by atoms with van der Waals surface area (Å²) in [6, 6.07) is 8.05. The van der Waals surface area contributed by atoms with E-state index in [2.05, 4.69) is 10.6 Å². The quantitative estimate of drug-likeness (QED) is 0.804. The topological polar surface area (TPSA) is 70.7 Å². The van der Waals surface area contributed by atoms with Crippen LogP contribution in [0.15, 0.2) is 24.3 Å². The molecule has 1 atom stereocenters. The van der Waals surface area contributed by atoms with Crippen molar-refractivity contribution in [3.63, 3.8) is 0 Å². The molecule has 2 fully saturated rings. The standard InChI is InChI=1S/C21H31N3O3/c1-14(2)27-19-6-4-5-17(13-19)15(3)22-21(26)24-11-9-16(10-12-24)20(25)23-18-7-8-18/h4-6,13-16,18H,7-12H2,1-3H3,(H,22,26)(H,23,25)/t15-/m0/s1. The summed E-state index contributed by atoms with van der Waals surface area (Å²) in [6.07, 6.45) is 3.79. The highest BCUT2D eigenvalue weighted by Crippen LogP contribution is 2.24. The Bertz CT molecular complexity index is 664. The van der Waals surface area contributed by atoms with Gasteiger partial charge in [0.15, 0.2) is 0 Å². The first-order valence-corrected chi connectivity index (χ1v) is 10.0. The lowest BCUT2D eigenvalue weighted by Crippen LogP contribution is -2.47. The summed E-state index contributed by atoms with van der Waals surface area (Å²) in [5.41, 5.74) is 1.01. The molecule has 27 heavy (non-hydrogen) atoms. The van der Waals surface area contributed by atoms with Crippen LogP contribution < -0.4 is 15.4 Å². The highest BCUT2D eigenvalue weighted by Gasteiger charge is 2.31. The molecule has 6 heteroatoms. The van der Waals surface area contributed by atoms with E-state index in [1.807, 2.05) is 49.9 Å². The molecule has 1 aromatic carbocycles. The number of carbonyl (C=O) groups is 2. The summed E-state index contributed by atoms with van der Waals surface area (Å²) in [5.74, 6) is 1.01. The summed E-state index contributed by atoms with van der Waals surface area (Å²) < 4.78 is 5.73. The van der Waals surface area contributed by atoms with Gasteiger partial charge in [0.05, 0.1) is 12.1 Å². The number of amides is 3. The lowest BCUT2D eigenvalue weighted by atomic mass is 9.96. The maximum absolute atomic E-state index is 12.6. The normalized spacial score (nSPS) is 18.9. The molecule has 1 aliphatic carbocycles. The number of ether oxygens (including phenoxy) is 1. The van der Waals surface area contributed by atoms with Gasteiger partial charge in [-0.05, 0) is 64.2 Å². The number of nitrogens with zero attached hydrogens (tertiary/aromatic N) is 1. The number of benzene rings is 1. The Kier molecular flexibility index (Phi) is 6.24. The van der Waals surface area contributed by atoms with Crippen LogP contribution in [0.3, 0.4) is 0 Å². The molecule has 0 radical (unpaired) electrons. The van der Waals surface area contributed by atoms with Crippen LogP contribution >= 0.6 is 0 Å². The third-order valence-electron chi connectivity index (χ3n) is 5.15. The van der Waals surface area contributed by atoms with Gasteiger partial charge in [-0.25, -0.2) is 4.79 Å². The Labute approximate surface area is 161 Å². The smallest absolute Gasteiger partial charge is 0.317 e. The molecule has 3 rings (SSSR count). The molecular formula is C21H31N3O3. The molecule has 2 aliphatic rings. The second-order valence-electron chi connectivity index (χ2n) is 7.95. The van der Waals surface area contributed by atoms with Crippen molar-refractivity contribution >= 4 is 11.9 Å². The number of piperidine rings is 1. The van der Waals surface area contributed by atoms with Crippen LogP contribution in [0.4, 0.5) is 4.79 Å². The summed E-state index contributed by atoms with van der Waals surface area (Å²) in [7, 11) is 0. The van der Waals surface area contributed by atoms with Gasteiger partial charge in [-0.2, -0.15) is 0 Å². The zero-order valence-corrected chi connectivity index (χ0v) is 16.5. The number of hydrogen-bond donors (Lipinski definition) is 2. The number of hydrogen-bond acceptors (Lipinski definition) is 3. The average molecular weight is 373 g/mol. The first-order chi connectivity index (χ1) is 12.9. The van der Waals surface area contributed by atoms with Crippen LogP contribution in [0.2, 0.25) is 0 Å². The zero-order chi connectivity index (χ0) is 19.4. The number of rotatable bonds is 6. The molecule has 1 aliphatic heterocycles. The maximum atomic E-state index is 12.6. The molecule has 0 unspecified atom stereocenters. The fourth-order valence-electron chi connectivity index (χ4n) is 3.38. The molecule has 1 saturated carbocycles. The molecule has 148 valence electrons. The van der Waals surface area contributed by atoms with Crippen molar-refractivity contribution in [2.45, 2.75) is 64.6 Å². The van der Waals surface area contributed by atoms with Crippen molar-refractivity contribution in [3.8, 4) is 5.75 Å². The molecule has 0 aromatic heterocycles. The minimum atomic E-state index is -0.107. The first-order valence-electron chi connectivity index (χ1n) is 10.0. The number of urea groups is 1. The van der Waals surface area contributed by atoms with E-state index in [1.165, 1.54) is 0 Å². The van der Waals surface area contributed by atoms with Crippen LogP contribution in [0.5, 0.6) is 5.75 Å². The van der Waals surface area contributed by atoms with Gasteiger partial charge in [-0.15, -0.1) is 0 Å². The molecule has 1 heterocycles. The van der Waals surface area contributed by atoms with Crippen molar-refractivity contribution in [2.75, 3.05) is 13.1 Å². The van der Waals surface area contributed by atoms with Gasteiger partial charge in [0.25, 0.3) is 0 Å². The zero-order valence-electron chi connectivity index (χ0n) is 16.5. The van der Waals surface area contributed by atoms with E-state index in [4.69, 9.17) is 4.74 Å². The van der Waals surface area contributed by atoms with Gasteiger partial charge >= 0.3 is 6.03 Å². The molecule has 2 N–H and O–H groups in total. The summed E-state index contributed by atoms with van der Waals surface area (Å²) in [4.78, 5) is 26.6. The van der Waals surface area contributed by atoms with E-state index in [1.54, 1.807) is 0 Å². The van der Waals surface area contributed by atoms with Crippen molar-refractivity contribution < 1.29 is 14.3 Å². The van der Waals surface area contributed by atoms with Crippen molar-refractivity contribution in [2.24, 2.45) is 5.92 Å². The molecule has 6 nitrogen and oxygen atoms in total. The van der Waals surface area contributed by atoms with Crippen molar-refractivity contribution in [3.05, 3.63) is 29.8 Å². The summed E-state index contributed by atoms with van der Waals surface area (Å²) in [6.45, 7) is 7.21. The van der Waals surface area contributed by atoms with E-state index < -0.39 is 0 Å². The van der Waals surface area contributed by atoms with E-state index in [9.17, 15) is 9.59 Å². The van der Waals surface area contributed by atoms with Crippen LogP contribution in [-0.4, -0.2) is 42.1 Å². The number of nitrogens with one attached hydrogen (secondary N) is 2. The third-order valence-corrected chi connectivity index (χ3v) is 5.15. The van der Waals surface area contributed by atoms with Crippen LogP contribution in [0, 0.1) is 5.92 Å². The summed E-state index contributed by atoms with van der Waals surface area (Å²) in [5, 5.41) is 6.13. The molecule has 3 amide bonds. The highest BCUT2D eigenvalue weighted by atomic mass is 16.5. The lowest BCUT2D eigenvalue weighted by Gasteiger charge is -2.32. The van der Waals surface area contributed by atoms with Gasteiger partial charge in [0, 0.05) is 25.0 Å². The second-order valence-corrected chi connectivity index (χ2v) is 7.95. The van der Waals surface area contributed by atoms with Gasteiger partial charge in [-0.1, -0.05) is 12.1 Å². The number of likely N-dealkylation sites (tertiary alicyclic amines) is 1. The summed E-state index contributed by atoms with van der Waals surface area (Å²) >= 11 is 0. The van der Waals surface area contributed by atoms with E-state index >= 15 is 0 Å². The van der Waals surface area contributed by atoms with Gasteiger partial charge in [0.2, 0.25) is 5.91 Å². The minimum absolute atomic E-state index is 0.0388. The molecule has 1 saturated heterocycles. The minimum Gasteiger partial charge on any atom is -0.491 e. The predicted molar refractivity (Wildman–Crippen MR) is 105 cm³/mol. The monoisotopic (exact) mass is 373 g/mol. The first kappa shape index (κ1) is 19.5. The fraction of sp³-hybridized carbons (Fsp3) is 0.619. The Morgan fingerprint density at radius 1 is 1.11 bits per heavy atom. The number of carbonyl (C=O) groups excluding carboxylic acids is 2.